The fourth-order valence-corrected chi connectivity index (χ4v) is 3.86. The molecule has 1 N–H and O–H groups in total. The van der Waals surface area contributed by atoms with Gasteiger partial charge in [0.25, 0.3) is 0 Å². The molecule has 0 saturated carbocycles. The summed E-state index contributed by atoms with van der Waals surface area (Å²) in [7, 11) is 0. The Morgan fingerprint density at radius 3 is 2.46 bits per heavy atom. The molecule has 0 fully saturated rings. The Balaban J connectivity index is 1.73. The lowest BCUT2D eigenvalue weighted by atomic mass is 10.1. The lowest BCUT2D eigenvalue weighted by molar-refractivity contribution is 1.10. The standard InChI is InChI=1S/C22H21N3S/c1-3-18-13-19-21(23-14-16-11-9-15(2)10-12-16)24-20(25-22(19)26-18)17-7-5-4-6-8-17/h4-13H,3,14H2,1-2H3,(H,23,24,25). The van der Waals surface area contributed by atoms with Crippen LogP contribution in [-0.2, 0) is 13.0 Å². The van der Waals surface area contributed by atoms with Gasteiger partial charge in [0.2, 0.25) is 0 Å². The summed E-state index contributed by atoms with van der Waals surface area (Å²) in [6, 6.07) is 21.0. The Labute approximate surface area is 157 Å². The van der Waals surface area contributed by atoms with Crippen LogP contribution in [0.3, 0.4) is 0 Å². The number of hydrogen-bond donors (Lipinski definition) is 1. The summed E-state index contributed by atoms with van der Waals surface area (Å²) in [5.41, 5.74) is 3.56. The van der Waals surface area contributed by atoms with E-state index in [0.29, 0.717) is 0 Å². The fraction of sp³-hybridized carbons (Fsp3) is 0.182. The summed E-state index contributed by atoms with van der Waals surface area (Å²) in [6.45, 7) is 5.03. The predicted molar refractivity (Wildman–Crippen MR) is 111 cm³/mol. The number of rotatable bonds is 5. The molecule has 0 radical (unpaired) electrons. The number of nitrogens with zero attached hydrogens (tertiary/aromatic N) is 2. The van der Waals surface area contributed by atoms with Crippen LogP contribution in [0.5, 0.6) is 0 Å². The summed E-state index contributed by atoms with van der Waals surface area (Å²) >= 11 is 1.75. The maximum absolute atomic E-state index is 4.84. The first-order valence-electron chi connectivity index (χ1n) is 8.88. The highest BCUT2D eigenvalue weighted by molar-refractivity contribution is 7.18. The van der Waals surface area contributed by atoms with Crippen molar-refractivity contribution in [1.82, 2.24) is 9.97 Å². The number of fused-ring (bicyclic) bond motifs is 1. The van der Waals surface area contributed by atoms with E-state index < -0.39 is 0 Å². The van der Waals surface area contributed by atoms with Gasteiger partial charge in [-0.25, -0.2) is 9.97 Å². The van der Waals surface area contributed by atoms with Gasteiger partial charge in [-0.1, -0.05) is 67.1 Å². The number of benzene rings is 2. The maximum atomic E-state index is 4.84. The molecule has 130 valence electrons. The van der Waals surface area contributed by atoms with Crippen molar-refractivity contribution < 1.29 is 0 Å². The third-order valence-electron chi connectivity index (χ3n) is 4.40. The van der Waals surface area contributed by atoms with Gasteiger partial charge in [0.05, 0.1) is 5.39 Å². The lowest BCUT2D eigenvalue weighted by Crippen LogP contribution is -2.03. The topological polar surface area (TPSA) is 37.8 Å². The van der Waals surface area contributed by atoms with Gasteiger partial charge in [0, 0.05) is 17.0 Å². The van der Waals surface area contributed by atoms with E-state index in [1.165, 1.54) is 16.0 Å². The van der Waals surface area contributed by atoms with E-state index in [1.807, 2.05) is 18.2 Å². The molecule has 2 aromatic heterocycles. The molecule has 0 aliphatic carbocycles. The van der Waals surface area contributed by atoms with Gasteiger partial charge in [0.1, 0.15) is 10.6 Å². The van der Waals surface area contributed by atoms with Crippen molar-refractivity contribution >= 4 is 27.4 Å². The molecular formula is C22H21N3S. The minimum absolute atomic E-state index is 0.748. The average Bonchev–Trinajstić information content (AvgIpc) is 3.11. The molecule has 0 aliphatic rings. The van der Waals surface area contributed by atoms with Crippen LogP contribution in [0.15, 0.2) is 60.7 Å². The number of anilines is 1. The second-order valence-electron chi connectivity index (χ2n) is 6.39. The summed E-state index contributed by atoms with van der Waals surface area (Å²) in [6.07, 6.45) is 1.01. The van der Waals surface area contributed by atoms with Crippen LogP contribution in [-0.4, -0.2) is 9.97 Å². The van der Waals surface area contributed by atoms with Crippen molar-refractivity contribution in [3.05, 3.63) is 76.7 Å². The van der Waals surface area contributed by atoms with Crippen LogP contribution in [0.25, 0.3) is 21.6 Å². The van der Waals surface area contributed by atoms with Gasteiger partial charge in [-0.3, -0.25) is 0 Å². The molecule has 3 nitrogen and oxygen atoms in total. The third kappa shape index (κ3) is 3.46. The fourth-order valence-electron chi connectivity index (χ4n) is 2.89. The van der Waals surface area contributed by atoms with Crippen molar-refractivity contribution in [1.29, 1.82) is 0 Å². The zero-order valence-electron chi connectivity index (χ0n) is 15.0. The van der Waals surface area contributed by atoms with Gasteiger partial charge in [-0.15, -0.1) is 11.3 Å². The van der Waals surface area contributed by atoms with Gasteiger partial charge < -0.3 is 5.32 Å². The van der Waals surface area contributed by atoms with Gasteiger partial charge in [0.15, 0.2) is 5.82 Å². The molecule has 0 amide bonds. The van der Waals surface area contributed by atoms with Crippen LogP contribution in [0, 0.1) is 6.92 Å². The smallest absolute Gasteiger partial charge is 0.163 e. The largest absolute Gasteiger partial charge is 0.365 e. The van der Waals surface area contributed by atoms with Crippen molar-refractivity contribution in [2.75, 3.05) is 5.32 Å². The first-order chi connectivity index (χ1) is 12.7. The molecule has 0 aliphatic heterocycles. The van der Waals surface area contributed by atoms with E-state index in [0.717, 1.165) is 40.4 Å². The average molecular weight is 359 g/mol. The molecular weight excluding hydrogens is 338 g/mol. The molecule has 4 rings (SSSR count). The molecule has 4 aromatic rings. The lowest BCUT2D eigenvalue weighted by Gasteiger charge is -2.09. The summed E-state index contributed by atoms with van der Waals surface area (Å²) < 4.78 is 0. The molecule has 2 heterocycles. The second-order valence-corrected chi connectivity index (χ2v) is 7.50. The second kappa shape index (κ2) is 7.26. The zero-order chi connectivity index (χ0) is 17.9. The predicted octanol–water partition coefficient (Wildman–Crippen LogP) is 5.84. The Hall–Kier alpha value is -2.72. The first-order valence-corrected chi connectivity index (χ1v) is 9.70. The van der Waals surface area contributed by atoms with Crippen molar-refractivity contribution in [3.8, 4) is 11.4 Å². The number of thiophene rings is 1. The molecule has 0 bridgehead atoms. The normalized spacial score (nSPS) is 11.0. The number of aromatic nitrogens is 2. The van der Waals surface area contributed by atoms with Gasteiger partial charge in [-0.05, 0) is 25.0 Å². The van der Waals surface area contributed by atoms with Gasteiger partial charge in [-0.2, -0.15) is 0 Å². The molecule has 0 saturated heterocycles. The summed E-state index contributed by atoms with van der Waals surface area (Å²) in [4.78, 5) is 12.0. The van der Waals surface area contributed by atoms with E-state index >= 15 is 0 Å². The zero-order valence-corrected chi connectivity index (χ0v) is 15.8. The Kier molecular flexibility index (Phi) is 4.67. The maximum Gasteiger partial charge on any atom is 0.163 e. The van der Waals surface area contributed by atoms with Crippen LogP contribution in [0.4, 0.5) is 5.82 Å². The van der Waals surface area contributed by atoms with E-state index in [1.54, 1.807) is 11.3 Å². The number of hydrogen-bond acceptors (Lipinski definition) is 4. The van der Waals surface area contributed by atoms with Crippen molar-refractivity contribution in [3.63, 3.8) is 0 Å². The third-order valence-corrected chi connectivity index (χ3v) is 5.58. The monoisotopic (exact) mass is 359 g/mol. The van der Waals surface area contributed by atoms with Crippen LogP contribution in [0.2, 0.25) is 0 Å². The molecule has 4 heteroatoms. The highest BCUT2D eigenvalue weighted by Crippen LogP contribution is 2.31. The van der Waals surface area contributed by atoms with Crippen molar-refractivity contribution in [2.45, 2.75) is 26.8 Å². The highest BCUT2D eigenvalue weighted by atomic mass is 32.1. The van der Waals surface area contributed by atoms with Crippen LogP contribution in [0.1, 0.15) is 22.9 Å². The first kappa shape index (κ1) is 16.7. The van der Waals surface area contributed by atoms with E-state index in [9.17, 15) is 0 Å². The highest BCUT2D eigenvalue weighted by Gasteiger charge is 2.12. The minimum Gasteiger partial charge on any atom is -0.365 e. The van der Waals surface area contributed by atoms with Crippen molar-refractivity contribution in [2.24, 2.45) is 0 Å². The Morgan fingerprint density at radius 1 is 0.962 bits per heavy atom. The quantitative estimate of drug-likeness (QED) is 0.486. The Bertz CT molecular complexity index is 1020. The summed E-state index contributed by atoms with van der Waals surface area (Å²) in [5.74, 6) is 1.68. The molecule has 0 spiro atoms. The van der Waals surface area contributed by atoms with Gasteiger partial charge >= 0.3 is 0 Å². The Morgan fingerprint density at radius 2 is 1.73 bits per heavy atom. The molecule has 2 aromatic carbocycles. The molecule has 0 atom stereocenters. The van der Waals surface area contributed by atoms with E-state index in [4.69, 9.17) is 9.97 Å². The molecule has 26 heavy (non-hydrogen) atoms. The van der Waals surface area contributed by atoms with Crippen LogP contribution >= 0.6 is 11.3 Å². The molecule has 0 unspecified atom stereocenters. The SMILES string of the molecule is CCc1cc2c(NCc3ccc(C)cc3)nc(-c3ccccc3)nc2s1. The summed E-state index contributed by atoms with van der Waals surface area (Å²) in [5, 5.41) is 4.64. The van der Waals surface area contributed by atoms with E-state index in [2.05, 4.69) is 61.6 Å². The number of nitrogens with one attached hydrogen (secondary N) is 1. The van der Waals surface area contributed by atoms with Crippen LogP contribution < -0.4 is 5.32 Å². The minimum atomic E-state index is 0.748. The number of aryl methyl sites for hydroxylation is 2. The van der Waals surface area contributed by atoms with E-state index in [-0.39, 0.29) is 0 Å².